The van der Waals surface area contributed by atoms with Gasteiger partial charge in [0.05, 0.1) is 5.03 Å². The summed E-state index contributed by atoms with van der Waals surface area (Å²) in [5.74, 6) is -0.0697. The second-order valence-corrected chi connectivity index (χ2v) is 3.54. The first kappa shape index (κ1) is 11.0. The van der Waals surface area contributed by atoms with E-state index in [1.165, 1.54) is 12.5 Å². The molecule has 0 aliphatic rings. The number of rotatable bonds is 4. The number of carbonyl (C=O) groups is 1. The van der Waals surface area contributed by atoms with Crippen molar-refractivity contribution in [1.29, 1.82) is 0 Å². The molecule has 0 heterocycles. The monoisotopic (exact) mass is 208 g/mol. The first-order valence-corrected chi connectivity index (χ1v) is 4.98. The molecule has 0 aliphatic carbocycles. The van der Waals surface area contributed by atoms with Gasteiger partial charge in [0.15, 0.2) is 5.78 Å². The zero-order valence-corrected chi connectivity index (χ0v) is 8.92. The highest BCUT2D eigenvalue weighted by atomic mass is 35.5. The molecule has 1 rings (SSSR count). The number of Topliss-reactive ketones (excluding diaryl/α,β-unsaturated/α-hetero) is 1. The summed E-state index contributed by atoms with van der Waals surface area (Å²) in [5.41, 5.74) is 1.26. The molecule has 0 amide bonds. The lowest BCUT2D eigenvalue weighted by molar-refractivity contribution is -0.113. The average Bonchev–Trinajstić information content (AvgIpc) is 2.19. The Morgan fingerprint density at radius 1 is 1.36 bits per heavy atom. The Bertz CT molecular complexity index is 327. The number of carbonyl (C=O) groups excluding carboxylic acids is 1. The summed E-state index contributed by atoms with van der Waals surface area (Å²) in [5, 5.41) is 0.334. The predicted molar refractivity (Wildman–Crippen MR) is 59.4 cm³/mol. The molecule has 0 N–H and O–H groups in total. The molecule has 0 atom stereocenters. The minimum atomic E-state index is -0.0697. The van der Waals surface area contributed by atoms with E-state index in [1.54, 1.807) is 6.08 Å². The topological polar surface area (TPSA) is 17.1 Å². The van der Waals surface area contributed by atoms with Gasteiger partial charge in [-0.15, -0.1) is 0 Å². The summed E-state index contributed by atoms with van der Waals surface area (Å²) in [6, 6.07) is 10.1. The number of ketones is 1. The predicted octanol–water partition coefficient (Wildman–Crippen LogP) is 3.33. The van der Waals surface area contributed by atoms with Crippen LogP contribution in [0.15, 0.2) is 41.4 Å². The van der Waals surface area contributed by atoms with Gasteiger partial charge in [-0.05, 0) is 18.4 Å². The molecule has 0 unspecified atom stereocenters. The maximum Gasteiger partial charge on any atom is 0.170 e. The molecule has 0 fully saturated rings. The third-order valence-corrected chi connectivity index (χ3v) is 2.36. The van der Waals surface area contributed by atoms with E-state index in [1.807, 2.05) is 18.2 Å². The lowest BCUT2D eigenvalue weighted by Gasteiger charge is -1.97. The van der Waals surface area contributed by atoms with Gasteiger partial charge in [-0.3, -0.25) is 4.79 Å². The van der Waals surface area contributed by atoms with Gasteiger partial charge >= 0.3 is 0 Å². The zero-order chi connectivity index (χ0) is 10.4. The summed E-state index contributed by atoms with van der Waals surface area (Å²) in [6.07, 6.45) is 3.50. The highest BCUT2D eigenvalue weighted by molar-refractivity contribution is 6.42. The largest absolute Gasteiger partial charge is 0.294 e. The molecule has 1 aromatic rings. The number of hydrogen-bond acceptors (Lipinski definition) is 1. The van der Waals surface area contributed by atoms with Crippen LogP contribution in [0.2, 0.25) is 0 Å². The van der Waals surface area contributed by atoms with Crippen LogP contribution >= 0.6 is 11.6 Å². The fraction of sp³-hybridized carbons (Fsp3) is 0.250. The van der Waals surface area contributed by atoms with Crippen LogP contribution in [0.4, 0.5) is 0 Å². The van der Waals surface area contributed by atoms with Crippen molar-refractivity contribution < 1.29 is 4.79 Å². The maximum atomic E-state index is 10.8. The van der Waals surface area contributed by atoms with Gasteiger partial charge in [-0.1, -0.05) is 48.0 Å². The summed E-state index contributed by atoms with van der Waals surface area (Å²) >= 11 is 5.69. The lowest BCUT2D eigenvalue weighted by Crippen LogP contribution is -1.89. The smallest absolute Gasteiger partial charge is 0.170 e. The molecule has 0 saturated carbocycles. The number of halogens is 1. The summed E-state index contributed by atoms with van der Waals surface area (Å²) in [6.45, 7) is 1.47. The van der Waals surface area contributed by atoms with E-state index >= 15 is 0 Å². The Hall–Kier alpha value is -1.08. The molecule has 0 spiro atoms. The normalized spacial score (nSPS) is 11.4. The fourth-order valence-corrected chi connectivity index (χ4v) is 1.26. The first-order valence-electron chi connectivity index (χ1n) is 4.60. The minimum Gasteiger partial charge on any atom is -0.294 e. The molecule has 0 radical (unpaired) electrons. The standard InChI is InChI=1S/C12H13ClO/c1-10(14)12(13)9-5-8-11-6-3-2-4-7-11/h2-4,6-7,9H,5,8H2,1H3. The molecule has 0 aliphatic heterocycles. The maximum absolute atomic E-state index is 10.8. The summed E-state index contributed by atoms with van der Waals surface area (Å²) in [4.78, 5) is 10.8. The number of allylic oxidation sites excluding steroid dienone is 2. The molecular formula is C12H13ClO. The second-order valence-electron chi connectivity index (χ2n) is 3.13. The number of hydrogen-bond donors (Lipinski definition) is 0. The van der Waals surface area contributed by atoms with Crippen molar-refractivity contribution in [2.45, 2.75) is 19.8 Å². The second kappa shape index (κ2) is 5.61. The van der Waals surface area contributed by atoms with Crippen molar-refractivity contribution in [3.8, 4) is 0 Å². The van der Waals surface area contributed by atoms with Crippen molar-refractivity contribution >= 4 is 17.4 Å². The molecule has 0 saturated heterocycles. The van der Waals surface area contributed by atoms with Gasteiger partial charge in [-0.2, -0.15) is 0 Å². The third kappa shape index (κ3) is 3.75. The van der Waals surface area contributed by atoms with E-state index < -0.39 is 0 Å². The first-order chi connectivity index (χ1) is 6.70. The summed E-state index contributed by atoms with van der Waals surface area (Å²) in [7, 11) is 0. The van der Waals surface area contributed by atoms with Gasteiger partial charge < -0.3 is 0 Å². The Morgan fingerprint density at radius 2 is 2.00 bits per heavy atom. The van der Waals surface area contributed by atoms with Crippen LogP contribution in [0.25, 0.3) is 0 Å². The van der Waals surface area contributed by atoms with Crippen LogP contribution in [0.1, 0.15) is 18.9 Å². The molecule has 14 heavy (non-hydrogen) atoms. The molecule has 1 nitrogen and oxygen atoms in total. The van der Waals surface area contributed by atoms with Gasteiger partial charge in [0.25, 0.3) is 0 Å². The van der Waals surface area contributed by atoms with Crippen molar-refractivity contribution in [1.82, 2.24) is 0 Å². The van der Waals surface area contributed by atoms with Gasteiger partial charge in [0.1, 0.15) is 0 Å². The van der Waals surface area contributed by atoms with Gasteiger partial charge in [0, 0.05) is 6.92 Å². The molecule has 1 aromatic carbocycles. The quantitative estimate of drug-likeness (QED) is 0.694. The van der Waals surface area contributed by atoms with Crippen LogP contribution in [0.3, 0.4) is 0 Å². The highest BCUT2D eigenvalue weighted by Gasteiger charge is 1.97. The molecule has 74 valence electrons. The van der Waals surface area contributed by atoms with Crippen molar-refractivity contribution in [3.05, 3.63) is 47.0 Å². The Morgan fingerprint density at radius 3 is 2.57 bits per heavy atom. The molecule has 0 aromatic heterocycles. The fourth-order valence-electron chi connectivity index (χ4n) is 1.15. The van der Waals surface area contributed by atoms with E-state index in [4.69, 9.17) is 11.6 Å². The lowest BCUT2D eigenvalue weighted by atomic mass is 10.1. The van der Waals surface area contributed by atoms with E-state index in [9.17, 15) is 4.79 Å². The Balaban J connectivity index is 2.43. The van der Waals surface area contributed by atoms with Crippen LogP contribution < -0.4 is 0 Å². The van der Waals surface area contributed by atoms with Crippen molar-refractivity contribution in [2.24, 2.45) is 0 Å². The number of benzene rings is 1. The van der Waals surface area contributed by atoms with E-state index in [0.717, 1.165) is 12.8 Å². The molecule has 2 heteroatoms. The van der Waals surface area contributed by atoms with Crippen LogP contribution in [0, 0.1) is 0 Å². The minimum absolute atomic E-state index is 0.0697. The number of aryl methyl sites for hydroxylation is 1. The van der Waals surface area contributed by atoms with Gasteiger partial charge in [-0.25, -0.2) is 0 Å². The van der Waals surface area contributed by atoms with Crippen LogP contribution in [-0.2, 0) is 11.2 Å². The Labute approximate surface area is 89.4 Å². The summed E-state index contributed by atoms with van der Waals surface area (Å²) < 4.78 is 0. The van der Waals surface area contributed by atoms with Crippen molar-refractivity contribution in [2.75, 3.05) is 0 Å². The van der Waals surface area contributed by atoms with Gasteiger partial charge in [0.2, 0.25) is 0 Å². The van der Waals surface area contributed by atoms with E-state index in [2.05, 4.69) is 12.1 Å². The molecular weight excluding hydrogens is 196 g/mol. The third-order valence-electron chi connectivity index (χ3n) is 1.94. The van der Waals surface area contributed by atoms with E-state index in [0.29, 0.717) is 5.03 Å². The Kier molecular flexibility index (Phi) is 4.41. The van der Waals surface area contributed by atoms with Crippen LogP contribution in [-0.4, -0.2) is 5.78 Å². The highest BCUT2D eigenvalue weighted by Crippen LogP contribution is 2.08. The van der Waals surface area contributed by atoms with E-state index in [-0.39, 0.29) is 5.78 Å². The molecule has 0 bridgehead atoms. The average molecular weight is 209 g/mol. The zero-order valence-electron chi connectivity index (χ0n) is 8.16. The van der Waals surface area contributed by atoms with Crippen molar-refractivity contribution in [3.63, 3.8) is 0 Å². The van der Waals surface area contributed by atoms with Crippen LogP contribution in [0.5, 0.6) is 0 Å². The SMILES string of the molecule is CC(=O)C(Cl)=CCCc1ccccc1.